The van der Waals surface area contributed by atoms with Gasteiger partial charge >= 0.3 is 0 Å². The molecule has 1 N–H and O–H groups in total. The Kier molecular flexibility index (Phi) is 4.90. The van der Waals surface area contributed by atoms with Crippen molar-refractivity contribution in [3.05, 3.63) is 71.6 Å². The maximum Gasteiger partial charge on any atom is 0.279 e. The van der Waals surface area contributed by atoms with Gasteiger partial charge in [0.2, 0.25) is 5.91 Å². The van der Waals surface area contributed by atoms with Gasteiger partial charge in [-0.15, -0.1) is 6.58 Å². The topological polar surface area (TPSA) is 63.5 Å². The van der Waals surface area contributed by atoms with Crippen molar-refractivity contribution in [2.45, 2.75) is 13.5 Å². The first kappa shape index (κ1) is 16.9. The number of benzene rings is 2. The van der Waals surface area contributed by atoms with Gasteiger partial charge in [0, 0.05) is 24.7 Å². The summed E-state index contributed by atoms with van der Waals surface area (Å²) in [6.07, 6.45) is 1.76. The molecule has 1 heterocycles. The van der Waals surface area contributed by atoms with Crippen LogP contribution in [0.2, 0.25) is 0 Å². The summed E-state index contributed by atoms with van der Waals surface area (Å²) >= 11 is 1.40. The minimum atomic E-state index is -0.285. The predicted molar refractivity (Wildman–Crippen MR) is 101 cm³/mol. The Balaban J connectivity index is 2.11. The van der Waals surface area contributed by atoms with Crippen LogP contribution in [0.3, 0.4) is 0 Å². The van der Waals surface area contributed by atoms with Crippen molar-refractivity contribution in [3.8, 4) is 0 Å². The minimum Gasteiger partial charge on any atom is -0.326 e. The van der Waals surface area contributed by atoms with E-state index in [4.69, 9.17) is 0 Å². The third kappa shape index (κ3) is 3.75. The fourth-order valence-electron chi connectivity index (χ4n) is 2.48. The number of aromatic nitrogens is 1. The van der Waals surface area contributed by atoms with Crippen molar-refractivity contribution in [2.24, 2.45) is 4.99 Å². The maximum atomic E-state index is 12.4. The first-order chi connectivity index (χ1) is 12.1. The maximum absolute atomic E-state index is 12.4. The van der Waals surface area contributed by atoms with E-state index >= 15 is 0 Å². The molecular weight excluding hydrogens is 334 g/mol. The molecule has 1 aromatic heterocycles. The first-order valence-electron chi connectivity index (χ1n) is 7.74. The predicted octanol–water partition coefficient (Wildman–Crippen LogP) is 3.59. The zero-order chi connectivity index (χ0) is 17.8. The number of rotatable bonds is 4. The number of allylic oxidation sites excluding steroid dienone is 1. The molecule has 0 fully saturated rings. The van der Waals surface area contributed by atoms with Crippen molar-refractivity contribution in [2.75, 3.05) is 5.32 Å². The Bertz CT molecular complexity index is 1020. The van der Waals surface area contributed by atoms with Gasteiger partial charge in [0.25, 0.3) is 5.91 Å². The highest BCUT2D eigenvalue weighted by atomic mass is 32.1. The summed E-state index contributed by atoms with van der Waals surface area (Å²) in [5.74, 6) is -0.411. The molecule has 0 aliphatic heterocycles. The number of hydrogen-bond acceptors (Lipinski definition) is 3. The molecule has 126 valence electrons. The van der Waals surface area contributed by atoms with Gasteiger partial charge in [-0.05, 0) is 30.3 Å². The SMILES string of the molecule is C=CCn1c(=NC(=O)c2ccccc2)sc2cc(NC(C)=O)ccc21. The van der Waals surface area contributed by atoms with Gasteiger partial charge in [-0.25, -0.2) is 0 Å². The van der Waals surface area contributed by atoms with E-state index in [1.54, 1.807) is 18.2 Å². The van der Waals surface area contributed by atoms with Crippen LogP contribution >= 0.6 is 11.3 Å². The summed E-state index contributed by atoms with van der Waals surface area (Å²) in [7, 11) is 0. The smallest absolute Gasteiger partial charge is 0.279 e. The fraction of sp³-hybridized carbons (Fsp3) is 0.105. The van der Waals surface area contributed by atoms with Crippen LogP contribution < -0.4 is 10.1 Å². The number of fused-ring (bicyclic) bond motifs is 1. The lowest BCUT2D eigenvalue weighted by Crippen LogP contribution is -2.16. The summed E-state index contributed by atoms with van der Waals surface area (Å²) in [5.41, 5.74) is 2.20. The van der Waals surface area contributed by atoms with E-state index < -0.39 is 0 Å². The monoisotopic (exact) mass is 351 g/mol. The van der Waals surface area contributed by atoms with E-state index in [0.29, 0.717) is 22.6 Å². The third-order valence-corrected chi connectivity index (χ3v) is 4.57. The standard InChI is InChI=1S/C19H17N3O2S/c1-3-11-22-16-10-9-15(20-13(2)23)12-17(16)25-19(22)21-18(24)14-7-5-4-6-8-14/h3-10,12H,1,11H2,2H3,(H,20,23). The van der Waals surface area contributed by atoms with Gasteiger partial charge < -0.3 is 9.88 Å². The Morgan fingerprint density at radius 3 is 2.68 bits per heavy atom. The van der Waals surface area contributed by atoms with Crippen molar-refractivity contribution in [3.63, 3.8) is 0 Å². The largest absolute Gasteiger partial charge is 0.326 e. The Morgan fingerprint density at radius 1 is 1.24 bits per heavy atom. The van der Waals surface area contributed by atoms with Gasteiger partial charge in [0.15, 0.2) is 4.80 Å². The van der Waals surface area contributed by atoms with Crippen LogP contribution in [0.5, 0.6) is 0 Å². The summed E-state index contributed by atoms with van der Waals surface area (Å²) < 4.78 is 2.87. The second kappa shape index (κ2) is 7.27. The number of amides is 2. The first-order valence-corrected chi connectivity index (χ1v) is 8.56. The van der Waals surface area contributed by atoms with E-state index in [9.17, 15) is 9.59 Å². The quantitative estimate of drug-likeness (QED) is 0.730. The molecule has 3 aromatic rings. The van der Waals surface area contributed by atoms with Crippen molar-refractivity contribution in [1.82, 2.24) is 4.57 Å². The summed E-state index contributed by atoms with van der Waals surface area (Å²) in [6, 6.07) is 14.6. The zero-order valence-corrected chi connectivity index (χ0v) is 14.5. The van der Waals surface area contributed by atoms with Crippen LogP contribution in [-0.4, -0.2) is 16.4 Å². The number of anilines is 1. The van der Waals surface area contributed by atoms with Crippen LogP contribution in [0.1, 0.15) is 17.3 Å². The van der Waals surface area contributed by atoms with E-state index in [2.05, 4.69) is 16.9 Å². The van der Waals surface area contributed by atoms with E-state index in [1.807, 2.05) is 41.0 Å². The molecule has 0 aliphatic carbocycles. The number of hydrogen-bond donors (Lipinski definition) is 1. The number of carbonyl (C=O) groups is 2. The highest BCUT2D eigenvalue weighted by molar-refractivity contribution is 7.16. The van der Waals surface area contributed by atoms with Gasteiger partial charge in [-0.1, -0.05) is 35.6 Å². The molecule has 0 atom stereocenters. The molecular formula is C19H17N3O2S. The van der Waals surface area contributed by atoms with Crippen LogP contribution in [0.4, 0.5) is 5.69 Å². The molecule has 0 unspecified atom stereocenters. The Morgan fingerprint density at radius 2 is 2.00 bits per heavy atom. The molecule has 2 amide bonds. The minimum absolute atomic E-state index is 0.126. The van der Waals surface area contributed by atoms with Crippen molar-refractivity contribution in [1.29, 1.82) is 0 Å². The molecule has 6 heteroatoms. The molecule has 3 rings (SSSR count). The van der Waals surface area contributed by atoms with Gasteiger partial charge in [-0.3, -0.25) is 9.59 Å². The number of nitrogens with zero attached hydrogens (tertiary/aromatic N) is 2. The van der Waals surface area contributed by atoms with E-state index in [-0.39, 0.29) is 11.8 Å². The fourth-order valence-corrected chi connectivity index (χ4v) is 3.55. The molecule has 0 saturated carbocycles. The van der Waals surface area contributed by atoms with Gasteiger partial charge in [0.1, 0.15) is 0 Å². The third-order valence-electron chi connectivity index (χ3n) is 3.53. The van der Waals surface area contributed by atoms with Crippen molar-refractivity contribution < 1.29 is 9.59 Å². The van der Waals surface area contributed by atoms with Crippen LogP contribution in [0.15, 0.2) is 66.2 Å². The number of nitrogens with one attached hydrogen (secondary N) is 1. The highest BCUT2D eigenvalue weighted by Crippen LogP contribution is 2.22. The molecule has 0 aliphatic rings. The summed E-state index contributed by atoms with van der Waals surface area (Å²) in [6.45, 7) is 5.79. The van der Waals surface area contributed by atoms with Crippen LogP contribution in [0.25, 0.3) is 10.2 Å². The highest BCUT2D eigenvalue weighted by Gasteiger charge is 2.09. The molecule has 0 bridgehead atoms. The molecule has 25 heavy (non-hydrogen) atoms. The van der Waals surface area contributed by atoms with Gasteiger partial charge in [-0.2, -0.15) is 4.99 Å². The van der Waals surface area contributed by atoms with Crippen LogP contribution in [-0.2, 0) is 11.3 Å². The van der Waals surface area contributed by atoms with Crippen LogP contribution in [0, 0.1) is 0 Å². The Labute approximate surface area is 149 Å². The lowest BCUT2D eigenvalue weighted by Gasteiger charge is -2.03. The van der Waals surface area contributed by atoms with Gasteiger partial charge in [0.05, 0.1) is 10.2 Å². The zero-order valence-electron chi connectivity index (χ0n) is 13.7. The average Bonchev–Trinajstić information content (AvgIpc) is 2.92. The lowest BCUT2D eigenvalue weighted by molar-refractivity contribution is -0.114. The lowest BCUT2D eigenvalue weighted by atomic mass is 10.2. The molecule has 5 nitrogen and oxygen atoms in total. The van der Waals surface area contributed by atoms with E-state index in [0.717, 1.165) is 10.2 Å². The summed E-state index contributed by atoms with van der Waals surface area (Å²) in [4.78, 5) is 28.5. The van der Waals surface area contributed by atoms with Crippen molar-refractivity contribution >= 4 is 39.1 Å². The van der Waals surface area contributed by atoms with E-state index in [1.165, 1.54) is 18.3 Å². The number of thiazole rings is 1. The molecule has 0 radical (unpaired) electrons. The Hall–Kier alpha value is -2.99. The molecule has 0 saturated heterocycles. The second-order valence-corrected chi connectivity index (χ2v) is 6.44. The molecule has 0 spiro atoms. The summed E-state index contributed by atoms with van der Waals surface area (Å²) in [5, 5.41) is 2.77. The molecule has 2 aromatic carbocycles. The number of carbonyl (C=O) groups excluding carboxylic acids is 2. The average molecular weight is 351 g/mol. The second-order valence-electron chi connectivity index (χ2n) is 5.43. The normalized spacial score (nSPS) is 11.5.